The maximum Gasteiger partial charge on any atom is 0.227 e. The van der Waals surface area contributed by atoms with Gasteiger partial charge in [0.1, 0.15) is 5.82 Å². The number of anilines is 1. The second-order valence-corrected chi connectivity index (χ2v) is 8.90. The van der Waals surface area contributed by atoms with Crippen molar-refractivity contribution in [2.24, 2.45) is 0 Å². The van der Waals surface area contributed by atoms with Crippen LogP contribution in [-0.2, 0) is 24.2 Å². The topological polar surface area (TPSA) is 33.2 Å². The number of hydrogen-bond donors (Lipinski definition) is 0. The van der Waals surface area contributed by atoms with Gasteiger partial charge in [-0.1, -0.05) is 31.2 Å². The van der Waals surface area contributed by atoms with E-state index < -0.39 is 0 Å². The van der Waals surface area contributed by atoms with Crippen molar-refractivity contribution in [3.63, 3.8) is 0 Å². The number of nitrogens with zero attached hydrogens (tertiary/aromatic N) is 2. The summed E-state index contributed by atoms with van der Waals surface area (Å²) >= 11 is 0. The number of carbonyl (C=O) groups excluding carboxylic acids is 1. The molecule has 4 heteroatoms. The van der Waals surface area contributed by atoms with E-state index in [4.69, 9.17) is 0 Å². The van der Waals surface area contributed by atoms with Gasteiger partial charge in [0.15, 0.2) is 0 Å². The predicted octanol–water partition coefficient (Wildman–Crippen LogP) is 6.53. The Morgan fingerprint density at radius 1 is 1.03 bits per heavy atom. The molecule has 3 nitrogen and oxygen atoms in total. The van der Waals surface area contributed by atoms with Gasteiger partial charge < -0.3 is 4.90 Å². The average molecular weight is 431 g/mol. The number of amides is 1. The van der Waals surface area contributed by atoms with E-state index in [1.54, 1.807) is 0 Å². The molecule has 0 bridgehead atoms. The van der Waals surface area contributed by atoms with E-state index in [1.165, 1.54) is 36.1 Å². The molecular weight excluding hydrogens is 399 g/mol. The van der Waals surface area contributed by atoms with Gasteiger partial charge in [0.2, 0.25) is 5.91 Å². The summed E-state index contributed by atoms with van der Waals surface area (Å²) in [5.74, 6) is 0.0429. The smallest absolute Gasteiger partial charge is 0.227 e. The number of carbonyl (C=O) groups is 1. The Labute approximate surface area is 190 Å². The molecule has 1 aliphatic carbocycles. The fourth-order valence-electron chi connectivity index (χ4n) is 4.49. The lowest BCUT2D eigenvalue weighted by atomic mass is 9.91. The molecule has 1 atom stereocenters. The van der Waals surface area contributed by atoms with Gasteiger partial charge in [-0.2, -0.15) is 0 Å². The molecule has 0 radical (unpaired) electrons. The number of hydrogen-bond acceptors (Lipinski definition) is 2. The van der Waals surface area contributed by atoms with E-state index in [1.807, 2.05) is 42.2 Å². The fourth-order valence-corrected chi connectivity index (χ4v) is 4.49. The predicted molar refractivity (Wildman–Crippen MR) is 127 cm³/mol. The highest BCUT2D eigenvalue weighted by atomic mass is 19.1. The molecule has 0 spiro atoms. The van der Waals surface area contributed by atoms with Gasteiger partial charge in [-0.3, -0.25) is 9.78 Å². The fraction of sp³-hybridized carbons (Fsp3) is 0.357. The summed E-state index contributed by atoms with van der Waals surface area (Å²) in [5.41, 5.74) is 6.62. The molecule has 166 valence electrons. The van der Waals surface area contributed by atoms with E-state index >= 15 is 0 Å². The highest BCUT2D eigenvalue weighted by Gasteiger charge is 2.20. The highest BCUT2D eigenvalue weighted by Crippen LogP contribution is 2.28. The Hall–Kier alpha value is -3.01. The van der Waals surface area contributed by atoms with Crippen LogP contribution in [0.5, 0.6) is 0 Å². The molecular formula is C28H31FN2O. The zero-order valence-electron chi connectivity index (χ0n) is 19.0. The summed E-state index contributed by atoms with van der Waals surface area (Å²) in [6.45, 7) is 4.52. The first-order valence-corrected chi connectivity index (χ1v) is 11.6. The molecule has 0 saturated heterocycles. The summed E-state index contributed by atoms with van der Waals surface area (Å²) in [7, 11) is 0. The molecule has 1 amide bonds. The van der Waals surface area contributed by atoms with Crippen molar-refractivity contribution >= 4 is 11.6 Å². The van der Waals surface area contributed by atoms with Crippen LogP contribution in [0.25, 0.3) is 0 Å². The van der Waals surface area contributed by atoms with Crippen LogP contribution in [0, 0.1) is 12.7 Å². The maximum absolute atomic E-state index is 13.4. The van der Waals surface area contributed by atoms with E-state index in [0.717, 1.165) is 35.5 Å². The van der Waals surface area contributed by atoms with Gasteiger partial charge >= 0.3 is 0 Å². The molecule has 2 aromatic carbocycles. The molecule has 0 saturated carbocycles. The van der Waals surface area contributed by atoms with Crippen LogP contribution in [0.1, 0.15) is 66.6 Å². The minimum Gasteiger partial charge on any atom is -0.306 e. The van der Waals surface area contributed by atoms with Crippen molar-refractivity contribution in [3.8, 4) is 0 Å². The molecule has 4 rings (SSSR count). The standard InChI is InChI=1S/C28H31FN2O/c1-20(22-11-14-25(29)15-12-22)10-17-28(32)31(19-26-9-5-6-21(2)30-26)27-16-13-23-7-3-4-8-24(23)18-27/h5-6,9,11-16,18,20H,3-4,7-8,10,17,19H2,1-2H3. The first-order valence-electron chi connectivity index (χ1n) is 11.6. The molecule has 0 fully saturated rings. The number of halogens is 1. The third kappa shape index (κ3) is 5.42. The molecule has 1 unspecified atom stereocenters. The van der Waals surface area contributed by atoms with Crippen LogP contribution in [0.3, 0.4) is 0 Å². The van der Waals surface area contributed by atoms with Crippen LogP contribution < -0.4 is 4.90 Å². The van der Waals surface area contributed by atoms with Gasteiger partial charge in [0.05, 0.1) is 12.2 Å². The first kappa shape index (κ1) is 22.2. The summed E-state index contributed by atoms with van der Waals surface area (Å²) in [4.78, 5) is 19.9. The molecule has 1 heterocycles. The number of fused-ring (bicyclic) bond motifs is 1. The largest absolute Gasteiger partial charge is 0.306 e. The Kier molecular flexibility index (Phi) is 6.99. The van der Waals surface area contributed by atoms with Crippen LogP contribution >= 0.6 is 0 Å². The lowest BCUT2D eigenvalue weighted by molar-refractivity contribution is -0.118. The molecule has 1 aliphatic rings. The van der Waals surface area contributed by atoms with Crippen LogP contribution in [0.4, 0.5) is 10.1 Å². The monoisotopic (exact) mass is 430 g/mol. The highest BCUT2D eigenvalue weighted by molar-refractivity contribution is 5.93. The minimum atomic E-state index is -0.235. The van der Waals surface area contributed by atoms with Gasteiger partial charge in [0.25, 0.3) is 0 Å². The molecule has 0 aliphatic heterocycles. The zero-order chi connectivity index (χ0) is 22.5. The van der Waals surface area contributed by atoms with Gasteiger partial charge in [-0.05, 0) is 98.0 Å². The Morgan fingerprint density at radius 3 is 2.53 bits per heavy atom. The van der Waals surface area contributed by atoms with E-state index in [2.05, 4.69) is 30.1 Å². The minimum absolute atomic E-state index is 0.0954. The Morgan fingerprint density at radius 2 is 1.78 bits per heavy atom. The van der Waals surface area contributed by atoms with E-state index in [9.17, 15) is 9.18 Å². The Balaban J connectivity index is 1.54. The maximum atomic E-state index is 13.4. The summed E-state index contributed by atoms with van der Waals surface area (Å²) in [5, 5.41) is 0. The molecule has 1 aromatic heterocycles. The second kappa shape index (κ2) is 10.1. The Bertz CT molecular complexity index is 1080. The van der Waals surface area contributed by atoms with E-state index in [-0.39, 0.29) is 17.6 Å². The summed E-state index contributed by atoms with van der Waals surface area (Å²) in [6, 6.07) is 19.0. The molecule has 32 heavy (non-hydrogen) atoms. The van der Waals surface area contributed by atoms with Crippen molar-refractivity contribution in [1.29, 1.82) is 0 Å². The zero-order valence-corrected chi connectivity index (χ0v) is 19.0. The summed E-state index contributed by atoms with van der Waals surface area (Å²) in [6.07, 6.45) is 5.80. The van der Waals surface area contributed by atoms with Crippen molar-refractivity contribution in [1.82, 2.24) is 4.98 Å². The average Bonchev–Trinajstić information content (AvgIpc) is 2.81. The van der Waals surface area contributed by atoms with Crippen LogP contribution in [0.2, 0.25) is 0 Å². The number of rotatable bonds is 7. The van der Waals surface area contributed by atoms with Gasteiger partial charge in [-0.15, -0.1) is 0 Å². The summed E-state index contributed by atoms with van der Waals surface area (Å²) < 4.78 is 13.2. The normalized spacial score (nSPS) is 14.0. The molecule has 3 aromatic rings. The van der Waals surface area contributed by atoms with Gasteiger partial charge in [-0.25, -0.2) is 4.39 Å². The van der Waals surface area contributed by atoms with E-state index in [0.29, 0.717) is 19.4 Å². The van der Waals surface area contributed by atoms with Crippen LogP contribution in [0.15, 0.2) is 60.7 Å². The second-order valence-electron chi connectivity index (χ2n) is 8.90. The van der Waals surface area contributed by atoms with Crippen molar-refractivity contribution in [2.75, 3.05) is 4.90 Å². The lowest BCUT2D eigenvalue weighted by Gasteiger charge is -2.26. The third-order valence-electron chi connectivity index (χ3n) is 6.44. The van der Waals surface area contributed by atoms with Gasteiger partial charge in [0, 0.05) is 17.8 Å². The van der Waals surface area contributed by atoms with Crippen molar-refractivity contribution < 1.29 is 9.18 Å². The first-order chi connectivity index (χ1) is 15.5. The van der Waals surface area contributed by atoms with Crippen molar-refractivity contribution in [3.05, 3.63) is 94.6 Å². The number of pyridine rings is 1. The van der Waals surface area contributed by atoms with Crippen molar-refractivity contribution in [2.45, 2.75) is 64.8 Å². The third-order valence-corrected chi connectivity index (χ3v) is 6.44. The SMILES string of the molecule is Cc1cccc(CN(C(=O)CCC(C)c2ccc(F)cc2)c2ccc3c(c2)CCCC3)n1. The van der Waals surface area contributed by atoms with Crippen LogP contribution in [-0.4, -0.2) is 10.9 Å². The number of aromatic nitrogens is 1. The molecule has 0 N–H and O–H groups in total. The number of aryl methyl sites for hydroxylation is 3. The lowest BCUT2D eigenvalue weighted by Crippen LogP contribution is -2.31. The number of benzene rings is 2. The quantitative estimate of drug-likeness (QED) is 0.427.